The van der Waals surface area contributed by atoms with E-state index >= 15 is 0 Å². The van der Waals surface area contributed by atoms with Crippen molar-refractivity contribution < 1.29 is 14.6 Å². The zero-order valence-corrected chi connectivity index (χ0v) is 18.7. The van der Waals surface area contributed by atoms with E-state index in [9.17, 15) is 5.11 Å². The molecule has 0 aromatic heterocycles. The summed E-state index contributed by atoms with van der Waals surface area (Å²) in [6, 6.07) is 12.7. The summed E-state index contributed by atoms with van der Waals surface area (Å²) in [4.78, 5) is 0. The van der Waals surface area contributed by atoms with E-state index in [0.717, 1.165) is 16.3 Å². The van der Waals surface area contributed by atoms with Gasteiger partial charge in [-0.1, -0.05) is 56.9 Å². The van der Waals surface area contributed by atoms with Crippen LogP contribution in [0, 0.1) is 0 Å². The summed E-state index contributed by atoms with van der Waals surface area (Å²) in [5.41, 5.74) is 4.77. The van der Waals surface area contributed by atoms with E-state index in [2.05, 4.69) is 51.7 Å². The van der Waals surface area contributed by atoms with Gasteiger partial charge in [0.05, 0.1) is 22.3 Å². The fourth-order valence-electron chi connectivity index (χ4n) is 4.40. The Labute approximate surface area is 167 Å². The van der Waals surface area contributed by atoms with Crippen LogP contribution in [0.1, 0.15) is 25.0 Å². The molecule has 4 rings (SSSR count). The van der Waals surface area contributed by atoms with Gasteiger partial charge >= 0.3 is 0 Å². The molecule has 3 aromatic rings. The minimum absolute atomic E-state index is 0.168. The molecule has 0 aliphatic heterocycles. The van der Waals surface area contributed by atoms with E-state index in [0.29, 0.717) is 11.5 Å². The first-order valence-electron chi connectivity index (χ1n) is 9.67. The third-order valence-corrected chi connectivity index (χ3v) is 8.16. The predicted molar refractivity (Wildman–Crippen MR) is 119 cm³/mol. The predicted octanol–water partition coefficient (Wildman–Crippen LogP) is 5.41. The number of fused-ring (bicyclic) bond motifs is 5. The molecule has 0 spiro atoms. The van der Waals surface area contributed by atoms with E-state index in [-0.39, 0.29) is 11.2 Å². The van der Waals surface area contributed by atoms with Crippen molar-refractivity contribution in [2.45, 2.75) is 38.9 Å². The number of hydrogen-bond acceptors (Lipinski definition) is 3. The quantitative estimate of drug-likeness (QED) is 0.605. The van der Waals surface area contributed by atoms with Crippen molar-refractivity contribution in [1.82, 2.24) is 0 Å². The second-order valence-corrected chi connectivity index (χ2v) is 14.3. The summed E-state index contributed by atoms with van der Waals surface area (Å²) in [6.45, 7) is 11.6. The van der Waals surface area contributed by atoms with Gasteiger partial charge in [0.2, 0.25) is 0 Å². The molecule has 0 unspecified atom stereocenters. The van der Waals surface area contributed by atoms with Gasteiger partial charge in [0.25, 0.3) is 0 Å². The molecule has 1 aliphatic carbocycles. The van der Waals surface area contributed by atoms with Gasteiger partial charge in [-0.15, -0.1) is 0 Å². The van der Waals surface area contributed by atoms with Gasteiger partial charge in [0, 0.05) is 10.8 Å². The Kier molecular flexibility index (Phi) is 4.06. The topological polar surface area (TPSA) is 38.7 Å². The summed E-state index contributed by atoms with van der Waals surface area (Å²) in [7, 11) is 1.84. The van der Waals surface area contributed by atoms with E-state index in [1.165, 1.54) is 21.9 Å². The van der Waals surface area contributed by atoms with Crippen LogP contribution in [0.15, 0.2) is 36.4 Å². The molecule has 0 atom stereocenters. The molecular formula is C24H28O3Si. The monoisotopic (exact) mass is 392 g/mol. The summed E-state index contributed by atoms with van der Waals surface area (Å²) < 4.78 is 11.0. The number of hydrogen-bond donors (Lipinski definition) is 1. The van der Waals surface area contributed by atoms with Crippen LogP contribution < -0.4 is 14.7 Å². The Morgan fingerprint density at radius 2 is 1.43 bits per heavy atom. The average Bonchev–Trinajstić information content (AvgIpc) is 2.87. The van der Waals surface area contributed by atoms with Gasteiger partial charge in [0.15, 0.2) is 11.5 Å². The standard InChI is InChI=1S/C24H28O3Si/c1-24(2)18-10-14(28(5,6)7)8-9-15(18)23-17-12-22(27-4)21(26-3)11-16(17)20(25)13-19(23)24/h8-13,25H,1-7H3. The summed E-state index contributed by atoms with van der Waals surface area (Å²) in [5.74, 6) is 1.57. The molecule has 28 heavy (non-hydrogen) atoms. The molecular weight excluding hydrogens is 364 g/mol. The van der Waals surface area contributed by atoms with E-state index in [4.69, 9.17) is 9.47 Å². The molecule has 0 amide bonds. The highest BCUT2D eigenvalue weighted by Gasteiger charge is 2.38. The lowest BCUT2D eigenvalue weighted by atomic mass is 9.82. The van der Waals surface area contributed by atoms with Crippen LogP contribution in [-0.4, -0.2) is 27.4 Å². The minimum atomic E-state index is -1.42. The number of phenolic OH excluding ortho intramolecular Hbond substituents is 1. The molecule has 146 valence electrons. The third kappa shape index (κ3) is 2.55. The van der Waals surface area contributed by atoms with Crippen LogP contribution in [0.3, 0.4) is 0 Å². The zero-order valence-electron chi connectivity index (χ0n) is 17.7. The normalized spacial score (nSPS) is 14.7. The fraction of sp³-hybridized carbons (Fsp3) is 0.333. The third-order valence-electron chi connectivity index (χ3n) is 6.12. The van der Waals surface area contributed by atoms with Crippen molar-refractivity contribution in [2.24, 2.45) is 0 Å². The number of benzene rings is 3. The minimum Gasteiger partial charge on any atom is -0.507 e. The fourth-order valence-corrected chi connectivity index (χ4v) is 5.56. The van der Waals surface area contributed by atoms with Crippen LogP contribution in [0.2, 0.25) is 19.6 Å². The Morgan fingerprint density at radius 3 is 2.00 bits per heavy atom. The average molecular weight is 393 g/mol. The summed E-state index contributed by atoms with van der Waals surface area (Å²) in [5, 5.41) is 14.1. The van der Waals surface area contributed by atoms with Crippen molar-refractivity contribution in [1.29, 1.82) is 0 Å². The van der Waals surface area contributed by atoms with Gasteiger partial charge in [-0.05, 0) is 45.8 Å². The molecule has 0 saturated carbocycles. The number of methoxy groups -OCH3 is 2. The molecule has 4 heteroatoms. The summed E-state index contributed by atoms with van der Waals surface area (Å²) >= 11 is 0. The van der Waals surface area contributed by atoms with Crippen LogP contribution in [0.25, 0.3) is 21.9 Å². The first kappa shape index (κ1) is 18.9. The maximum atomic E-state index is 10.8. The number of ether oxygens (including phenoxy) is 2. The van der Waals surface area contributed by atoms with Crippen LogP contribution >= 0.6 is 0 Å². The van der Waals surface area contributed by atoms with Crippen molar-refractivity contribution in [3.63, 3.8) is 0 Å². The summed E-state index contributed by atoms with van der Waals surface area (Å²) in [6.07, 6.45) is 0. The molecule has 3 nitrogen and oxygen atoms in total. The second kappa shape index (κ2) is 6.02. The molecule has 1 N–H and O–H groups in total. The van der Waals surface area contributed by atoms with Gasteiger partial charge in [0.1, 0.15) is 5.75 Å². The van der Waals surface area contributed by atoms with Gasteiger partial charge in [-0.3, -0.25) is 0 Å². The molecule has 0 fully saturated rings. The van der Waals surface area contributed by atoms with Gasteiger partial charge in [-0.25, -0.2) is 0 Å². The molecule has 1 aliphatic rings. The maximum absolute atomic E-state index is 10.8. The van der Waals surface area contributed by atoms with E-state index in [1.807, 2.05) is 18.2 Å². The van der Waals surface area contributed by atoms with E-state index in [1.54, 1.807) is 14.2 Å². The second-order valence-electron chi connectivity index (χ2n) is 9.21. The SMILES string of the molecule is COc1cc2c(O)cc3c(c2cc1OC)-c1ccc([Si](C)(C)C)cc1C3(C)C. The van der Waals surface area contributed by atoms with Crippen LogP contribution in [0.4, 0.5) is 0 Å². The molecule has 0 saturated heterocycles. The number of phenols is 1. The first-order chi connectivity index (χ1) is 13.1. The lowest BCUT2D eigenvalue weighted by Gasteiger charge is -2.24. The van der Waals surface area contributed by atoms with Gasteiger partial charge < -0.3 is 14.6 Å². The number of aromatic hydroxyl groups is 1. The Bertz CT molecular complexity index is 1110. The van der Waals surface area contributed by atoms with Crippen LogP contribution in [-0.2, 0) is 5.41 Å². The number of rotatable bonds is 3. The largest absolute Gasteiger partial charge is 0.507 e. The highest BCUT2D eigenvalue weighted by atomic mass is 28.3. The Balaban J connectivity index is 2.10. The van der Waals surface area contributed by atoms with Crippen molar-refractivity contribution in [2.75, 3.05) is 14.2 Å². The Hall–Kier alpha value is -2.46. The Morgan fingerprint density at radius 1 is 0.821 bits per heavy atom. The first-order valence-corrected chi connectivity index (χ1v) is 13.2. The van der Waals surface area contributed by atoms with Gasteiger partial charge in [-0.2, -0.15) is 0 Å². The smallest absolute Gasteiger partial charge is 0.161 e. The maximum Gasteiger partial charge on any atom is 0.161 e. The van der Waals surface area contributed by atoms with Crippen molar-refractivity contribution >= 4 is 24.0 Å². The molecule has 3 aromatic carbocycles. The van der Waals surface area contributed by atoms with Crippen molar-refractivity contribution in [3.8, 4) is 28.4 Å². The lowest BCUT2D eigenvalue weighted by molar-refractivity contribution is 0.355. The molecule has 0 bridgehead atoms. The van der Waals surface area contributed by atoms with Crippen molar-refractivity contribution in [3.05, 3.63) is 47.5 Å². The highest BCUT2D eigenvalue weighted by molar-refractivity contribution is 6.88. The highest BCUT2D eigenvalue weighted by Crippen LogP contribution is 2.54. The van der Waals surface area contributed by atoms with Crippen LogP contribution in [0.5, 0.6) is 17.2 Å². The zero-order chi connectivity index (χ0) is 20.4. The molecule has 0 radical (unpaired) electrons. The lowest BCUT2D eigenvalue weighted by Crippen LogP contribution is -2.38. The molecule has 0 heterocycles. The van der Waals surface area contributed by atoms with E-state index < -0.39 is 8.07 Å².